The van der Waals surface area contributed by atoms with E-state index in [9.17, 15) is 4.79 Å². The molecule has 2 aromatic carbocycles. The zero-order chi connectivity index (χ0) is 22.1. The van der Waals surface area contributed by atoms with Crippen LogP contribution >= 0.6 is 0 Å². The standard InChI is InChI=1S/C25H27N3O3/c1-2-31-25(29)22-11-7-17-27-23(22)12-6-3-8-18-13-15-19(16-14-18)20-9-4-5-10-21(20)24(26)28-30/h4-5,7,9-11,13-17,30H,2-3,6,8,12H2,1H3,(H2,26,28). The first-order valence-corrected chi connectivity index (χ1v) is 10.4. The van der Waals surface area contributed by atoms with Crippen molar-refractivity contribution in [3.05, 3.63) is 89.2 Å². The normalized spacial score (nSPS) is 10.5. The average Bonchev–Trinajstić information content (AvgIpc) is 2.82. The van der Waals surface area contributed by atoms with Crippen LogP contribution < -0.4 is 5.48 Å². The number of esters is 1. The third-order valence-corrected chi connectivity index (χ3v) is 5.09. The number of rotatable bonds is 9. The van der Waals surface area contributed by atoms with Crippen LogP contribution in [0.3, 0.4) is 0 Å². The highest BCUT2D eigenvalue weighted by Gasteiger charge is 2.13. The van der Waals surface area contributed by atoms with Crippen molar-refractivity contribution >= 4 is 11.8 Å². The van der Waals surface area contributed by atoms with E-state index in [1.807, 2.05) is 35.8 Å². The lowest BCUT2D eigenvalue weighted by molar-refractivity contribution is 0.0524. The number of unbranched alkanes of at least 4 members (excludes halogenated alkanes) is 1. The van der Waals surface area contributed by atoms with Gasteiger partial charge in [-0.05, 0) is 61.4 Å². The van der Waals surface area contributed by atoms with Crippen LogP contribution in [0, 0.1) is 5.41 Å². The summed E-state index contributed by atoms with van der Waals surface area (Å²) in [5.74, 6) is -0.345. The van der Waals surface area contributed by atoms with Crippen molar-refractivity contribution in [2.24, 2.45) is 0 Å². The third kappa shape index (κ3) is 5.77. The number of carbonyl (C=O) groups is 1. The number of carbonyl (C=O) groups excluding carboxylic acids is 1. The highest BCUT2D eigenvalue weighted by molar-refractivity contribution is 6.01. The van der Waals surface area contributed by atoms with Crippen molar-refractivity contribution in [3.63, 3.8) is 0 Å². The smallest absolute Gasteiger partial charge is 0.339 e. The molecule has 0 saturated carbocycles. The molecule has 0 spiro atoms. The Bertz CT molecular complexity index is 1030. The molecule has 1 aromatic heterocycles. The second-order valence-electron chi connectivity index (χ2n) is 7.15. The molecule has 160 valence electrons. The van der Waals surface area contributed by atoms with Crippen molar-refractivity contribution in [3.8, 4) is 11.1 Å². The Labute approximate surface area is 182 Å². The second-order valence-corrected chi connectivity index (χ2v) is 7.15. The van der Waals surface area contributed by atoms with E-state index < -0.39 is 0 Å². The highest BCUT2D eigenvalue weighted by atomic mass is 16.5. The SMILES string of the molecule is CCOC(=O)c1cccnc1CCCCc1ccc(-c2ccccc2C(=N)NO)cc1. The average molecular weight is 418 g/mol. The molecule has 31 heavy (non-hydrogen) atoms. The fraction of sp³-hybridized carbons (Fsp3) is 0.240. The first-order chi connectivity index (χ1) is 15.1. The molecule has 0 unspecified atom stereocenters. The van der Waals surface area contributed by atoms with Gasteiger partial charge >= 0.3 is 5.97 Å². The van der Waals surface area contributed by atoms with Crippen molar-refractivity contribution in [2.75, 3.05) is 6.61 Å². The summed E-state index contributed by atoms with van der Waals surface area (Å²) in [7, 11) is 0. The summed E-state index contributed by atoms with van der Waals surface area (Å²) in [4.78, 5) is 16.4. The summed E-state index contributed by atoms with van der Waals surface area (Å²) in [6.45, 7) is 2.15. The number of amidine groups is 1. The Hall–Kier alpha value is -3.51. The number of hydroxylamine groups is 1. The number of nitrogens with one attached hydrogen (secondary N) is 2. The van der Waals surface area contributed by atoms with Crippen LogP contribution in [0.25, 0.3) is 11.1 Å². The number of aromatic nitrogens is 1. The Kier molecular flexibility index (Phi) is 7.90. The zero-order valence-corrected chi connectivity index (χ0v) is 17.6. The molecule has 0 atom stereocenters. The lowest BCUT2D eigenvalue weighted by Crippen LogP contribution is -2.19. The number of ether oxygens (including phenoxy) is 1. The number of aryl methyl sites for hydroxylation is 2. The first-order valence-electron chi connectivity index (χ1n) is 10.4. The van der Waals surface area contributed by atoms with Gasteiger partial charge in [0.2, 0.25) is 0 Å². The molecular formula is C25H27N3O3. The van der Waals surface area contributed by atoms with E-state index in [2.05, 4.69) is 17.1 Å². The maximum absolute atomic E-state index is 12.1. The molecule has 0 aliphatic rings. The minimum atomic E-state index is -0.314. The van der Waals surface area contributed by atoms with E-state index in [4.69, 9.17) is 15.4 Å². The minimum Gasteiger partial charge on any atom is -0.462 e. The Morgan fingerprint density at radius 2 is 1.71 bits per heavy atom. The van der Waals surface area contributed by atoms with Gasteiger partial charge in [0.05, 0.1) is 17.9 Å². The van der Waals surface area contributed by atoms with Crippen LogP contribution in [0.15, 0.2) is 66.9 Å². The summed E-state index contributed by atoms with van der Waals surface area (Å²) in [6.07, 6.45) is 5.27. The van der Waals surface area contributed by atoms with E-state index in [1.54, 1.807) is 31.3 Å². The molecule has 1 heterocycles. The van der Waals surface area contributed by atoms with Crippen LogP contribution in [0.2, 0.25) is 0 Å². The monoisotopic (exact) mass is 417 g/mol. The first kappa shape index (κ1) is 22.2. The number of hydrogen-bond acceptors (Lipinski definition) is 5. The number of pyridine rings is 1. The highest BCUT2D eigenvalue weighted by Crippen LogP contribution is 2.24. The van der Waals surface area contributed by atoms with Crippen LogP contribution in [-0.4, -0.2) is 28.6 Å². The molecule has 0 saturated heterocycles. The van der Waals surface area contributed by atoms with E-state index in [0.29, 0.717) is 17.7 Å². The molecule has 0 amide bonds. The summed E-state index contributed by atoms with van der Waals surface area (Å²) in [6, 6.07) is 19.3. The molecule has 0 bridgehead atoms. The van der Waals surface area contributed by atoms with Crippen LogP contribution in [-0.2, 0) is 17.6 Å². The van der Waals surface area contributed by atoms with E-state index >= 15 is 0 Å². The predicted octanol–water partition coefficient (Wildman–Crippen LogP) is 4.79. The van der Waals surface area contributed by atoms with Crippen LogP contribution in [0.1, 0.15) is 46.9 Å². The van der Waals surface area contributed by atoms with Crippen LogP contribution in [0.5, 0.6) is 0 Å². The molecule has 0 aliphatic carbocycles. The summed E-state index contributed by atoms with van der Waals surface area (Å²) in [5, 5.41) is 16.9. The number of benzene rings is 2. The fourth-order valence-electron chi connectivity index (χ4n) is 3.52. The van der Waals surface area contributed by atoms with Crippen molar-refractivity contribution in [2.45, 2.75) is 32.6 Å². The van der Waals surface area contributed by atoms with Gasteiger partial charge in [-0.3, -0.25) is 21.1 Å². The van der Waals surface area contributed by atoms with Crippen molar-refractivity contribution < 1.29 is 14.7 Å². The largest absolute Gasteiger partial charge is 0.462 e. The molecule has 0 aliphatic heterocycles. The number of nitrogens with zero attached hydrogens (tertiary/aromatic N) is 1. The van der Waals surface area contributed by atoms with E-state index in [0.717, 1.165) is 42.5 Å². The Balaban J connectivity index is 1.58. The maximum atomic E-state index is 12.1. The van der Waals surface area contributed by atoms with Gasteiger partial charge in [-0.25, -0.2) is 4.79 Å². The van der Waals surface area contributed by atoms with Gasteiger partial charge in [0, 0.05) is 11.8 Å². The van der Waals surface area contributed by atoms with Gasteiger partial charge in [0.15, 0.2) is 0 Å². The number of hydrogen-bond donors (Lipinski definition) is 3. The van der Waals surface area contributed by atoms with Gasteiger partial charge in [-0.15, -0.1) is 0 Å². The Morgan fingerprint density at radius 3 is 2.45 bits per heavy atom. The quantitative estimate of drug-likeness (QED) is 0.153. The van der Waals surface area contributed by atoms with Gasteiger partial charge in [0.1, 0.15) is 5.84 Å². The summed E-state index contributed by atoms with van der Waals surface area (Å²) < 4.78 is 5.11. The summed E-state index contributed by atoms with van der Waals surface area (Å²) in [5.41, 5.74) is 7.01. The van der Waals surface area contributed by atoms with Gasteiger partial charge in [0.25, 0.3) is 0 Å². The van der Waals surface area contributed by atoms with Crippen molar-refractivity contribution in [1.82, 2.24) is 10.5 Å². The third-order valence-electron chi connectivity index (χ3n) is 5.09. The van der Waals surface area contributed by atoms with Crippen molar-refractivity contribution in [1.29, 1.82) is 5.41 Å². The minimum absolute atomic E-state index is 0.0311. The molecular weight excluding hydrogens is 390 g/mol. The Morgan fingerprint density at radius 1 is 1.00 bits per heavy atom. The summed E-state index contributed by atoms with van der Waals surface area (Å²) >= 11 is 0. The predicted molar refractivity (Wildman–Crippen MR) is 120 cm³/mol. The molecule has 6 nitrogen and oxygen atoms in total. The lowest BCUT2D eigenvalue weighted by atomic mass is 9.97. The fourth-order valence-corrected chi connectivity index (χ4v) is 3.52. The molecule has 6 heteroatoms. The molecule has 3 aromatic rings. The van der Waals surface area contributed by atoms with E-state index in [1.165, 1.54) is 5.56 Å². The molecule has 3 N–H and O–H groups in total. The lowest BCUT2D eigenvalue weighted by Gasteiger charge is -2.11. The zero-order valence-electron chi connectivity index (χ0n) is 17.6. The molecule has 0 fully saturated rings. The van der Waals surface area contributed by atoms with E-state index in [-0.39, 0.29) is 11.8 Å². The maximum Gasteiger partial charge on any atom is 0.339 e. The van der Waals surface area contributed by atoms with Gasteiger partial charge in [-0.2, -0.15) is 0 Å². The second kappa shape index (κ2) is 11.0. The van der Waals surface area contributed by atoms with Gasteiger partial charge < -0.3 is 4.74 Å². The molecule has 0 radical (unpaired) electrons. The molecule has 3 rings (SSSR count). The topological polar surface area (TPSA) is 95.3 Å². The van der Waals surface area contributed by atoms with Gasteiger partial charge in [-0.1, -0.05) is 48.5 Å². The van der Waals surface area contributed by atoms with Crippen LogP contribution in [0.4, 0.5) is 0 Å².